The molecule has 1 nitrogen and oxygen atoms in total. The zero-order chi connectivity index (χ0) is 11.4. The van der Waals surface area contributed by atoms with Crippen LogP contribution in [0, 0.1) is 18.6 Å². The highest BCUT2D eigenvalue weighted by Gasteiger charge is 2.17. The second-order valence-electron chi connectivity index (χ2n) is 3.40. The summed E-state index contributed by atoms with van der Waals surface area (Å²) in [5, 5.41) is 2.98. The van der Waals surface area contributed by atoms with Crippen LogP contribution >= 0.6 is 11.8 Å². The molecular formula is C11H15F2NS. The third-order valence-corrected chi connectivity index (χ3v) is 3.03. The van der Waals surface area contributed by atoms with E-state index in [0.29, 0.717) is 11.1 Å². The molecule has 0 aliphatic carbocycles. The minimum absolute atomic E-state index is 0.143. The lowest BCUT2D eigenvalue weighted by atomic mass is 10.1. The highest BCUT2D eigenvalue weighted by Crippen LogP contribution is 2.23. The molecule has 0 bridgehead atoms. The second-order valence-corrected chi connectivity index (χ2v) is 4.31. The Morgan fingerprint density at radius 1 is 1.33 bits per heavy atom. The van der Waals surface area contributed by atoms with Gasteiger partial charge in [0.15, 0.2) is 11.6 Å². The van der Waals surface area contributed by atoms with E-state index in [9.17, 15) is 8.78 Å². The number of benzene rings is 1. The van der Waals surface area contributed by atoms with Gasteiger partial charge in [0.25, 0.3) is 0 Å². The molecule has 1 aromatic rings. The highest BCUT2D eigenvalue weighted by molar-refractivity contribution is 7.98. The number of nitrogens with one attached hydrogen (secondary N) is 1. The van der Waals surface area contributed by atoms with Crippen LogP contribution in [0.15, 0.2) is 12.1 Å². The van der Waals surface area contributed by atoms with E-state index < -0.39 is 11.6 Å². The summed E-state index contributed by atoms with van der Waals surface area (Å²) in [7, 11) is 1.75. The average molecular weight is 231 g/mol. The molecule has 1 aromatic carbocycles. The van der Waals surface area contributed by atoms with Gasteiger partial charge in [-0.25, -0.2) is 8.78 Å². The Hall–Kier alpha value is -0.610. The SMILES string of the molecule is CNC(CSC)c1ccc(C)c(F)c1F. The first-order valence-electron chi connectivity index (χ1n) is 4.72. The van der Waals surface area contributed by atoms with Crippen LogP contribution in [0.4, 0.5) is 8.78 Å². The van der Waals surface area contributed by atoms with Crippen LogP contribution in [0.5, 0.6) is 0 Å². The van der Waals surface area contributed by atoms with Crippen LogP contribution in [0.3, 0.4) is 0 Å². The van der Waals surface area contributed by atoms with Crippen molar-refractivity contribution in [3.05, 3.63) is 34.9 Å². The van der Waals surface area contributed by atoms with Gasteiger partial charge in [-0.2, -0.15) is 11.8 Å². The quantitative estimate of drug-likeness (QED) is 0.855. The summed E-state index contributed by atoms with van der Waals surface area (Å²) >= 11 is 1.60. The van der Waals surface area contributed by atoms with E-state index in [1.54, 1.807) is 37.9 Å². The number of hydrogen-bond donors (Lipinski definition) is 1. The lowest BCUT2D eigenvalue weighted by molar-refractivity contribution is 0.479. The Bertz CT molecular complexity index is 342. The fourth-order valence-electron chi connectivity index (χ4n) is 1.43. The molecule has 0 aliphatic heterocycles. The standard InChI is InChI=1S/C11H15F2NS/c1-7-4-5-8(11(13)10(7)12)9(14-2)6-15-3/h4-5,9,14H,6H2,1-3H3. The van der Waals surface area contributed by atoms with Gasteiger partial charge in [-0.15, -0.1) is 0 Å². The van der Waals surface area contributed by atoms with E-state index in [-0.39, 0.29) is 6.04 Å². The number of halogens is 2. The van der Waals surface area contributed by atoms with Gasteiger partial charge in [-0.05, 0) is 25.8 Å². The van der Waals surface area contributed by atoms with Gasteiger partial charge in [-0.1, -0.05) is 12.1 Å². The van der Waals surface area contributed by atoms with Gasteiger partial charge in [0.2, 0.25) is 0 Å². The third kappa shape index (κ3) is 2.69. The molecule has 15 heavy (non-hydrogen) atoms. The first-order valence-corrected chi connectivity index (χ1v) is 6.12. The van der Waals surface area contributed by atoms with Crippen LogP contribution in [0.2, 0.25) is 0 Å². The van der Waals surface area contributed by atoms with Gasteiger partial charge in [0.05, 0.1) is 0 Å². The third-order valence-electron chi connectivity index (χ3n) is 2.36. The zero-order valence-electron chi connectivity index (χ0n) is 9.10. The Morgan fingerprint density at radius 2 is 2.00 bits per heavy atom. The number of hydrogen-bond acceptors (Lipinski definition) is 2. The monoisotopic (exact) mass is 231 g/mol. The molecule has 1 atom stereocenters. The van der Waals surface area contributed by atoms with Gasteiger partial charge < -0.3 is 5.32 Å². The fraction of sp³-hybridized carbons (Fsp3) is 0.455. The molecule has 0 heterocycles. The van der Waals surface area contributed by atoms with E-state index >= 15 is 0 Å². The van der Waals surface area contributed by atoms with Crippen molar-refractivity contribution in [3.8, 4) is 0 Å². The van der Waals surface area contributed by atoms with Crippen LogP contribution < -0.4 is 5.32 Å². The predicted molar refractivity (Wildman–Crippen MR) is 61.3 cm³/mol. The maximum Gasteiger partial charge on any atom is 0.163 e. The summed E-state index contributed by atoms with van der Waals surface area (Å²) in [6, 6.07) is 3.11. The summed E-state index contributed by atoms with van der Waals surface area (Å²) < 4.78 is 26.9. The zero-order valence-corrected chi connectivity index (χ0v) is 9.92. The Balaban J connectivity index is 3.07. The van der Waals surface area contributed by atoms with E-state index in [2.05, 4.69) is 5.32 Å². The van der Waals surface area contributed by atoms with Crippen molar-refractivity contribution in [2.75, 3.05) is 19.1 Å². The molecule has 84 valence electrons. The molecule has 0 spiro atoms. The number of thioether (sulfide) groups is 1. The van der Waals surface area contributed by atoms with E-state index in [0.717, 1.165) is 5.75 Å². The summed E-state index contributed by atoms with van der Waals surface area (Å²) in [5.74, 6) is -0.757. The second kappa shape index (κ2) is 5.47. The number of rotatable bonds is 4. The largest absolute Gasteiger partial charge is 0.312 e. The Labute approximate surface area is 93.3 Å². The molecule has 1 rings (SSSR count). The van der Waals surface area contributed by atoms with E-state index in [1.165, 1.54) is 0 Å². The summed E-state index contributed by atoms with van der Waals surface area (Å²) in [6.45, 7) is 1.56. The fourth-order valence-corrected chi connectivity index (χ4v) is 2.10. The van der Waals surface area contributed by atoms with Crippen LogP contribution in [-0.4, -0.2) is 19.1 Å². The molecule has 4 heteroatoms. The molecule has 0 fully saturated rings. The lowest BCUT2D eigenvalue weighted by Gasteiger charge is -2.16. The van der Waals surface area contributed by atoms with Crippen molar-refractivity contribution in [2.45, 2.75) is 13.0 Å². The Kier molecular flexibility index (Phi) is 4.54. The van der Waals surface area contributed by atoms with Crippen molar-refractivity contribution >= 4 is 11.8 Å². The Morgan fingerprint density at radius 3 is 2.53 bits per heavy atom. The summed E-state index contributed by atoms with van der Waals surface area (Å²) in [5.41, 5.74) is 0.741. The van der Waals surface area contributed by atoms with Crippen molar-refractivity contribution in [3.63, 3.8) is 0 Å². The van der Waals surface area contributed by atoms with Crippen molar-refractivity contribution in [1.82, 2.24) is 5.32 Å². The topological polar surface area (TPSA) is 12.0 Å². The highest BCUT2D eigenvalue weighted by atomic mass is 32.2. The predicted octanol–water partition coefficient (Wildman–Crippen LogP) is 2.90. The minimum Gasteiger partial charge on any atom is -0.312 e. The van der Waals surface area contributed by atoms with Crippen LogP contribution in [0.25, 0.3) is 0 Å². The molecule has 0 saturated carbocycles. The van der Waals surface area contributed by atoms with Crippen LogP contribution in [-0.2, 0) is 0 Å². The van der Waals surface area contributed by atoms with Crippen molar-refractivity contribution in [1.29, 1.82) is 0 Å². The molecule has 0 amide bonds. The minimum atomic E-state index is -0.742. The molecule has 0 saturated heterocycles. The first-order chi connectivity index (χ1) is 7.11. The van der Waals surface area contributed by atoms with Gasteiger partial charge in [-0.3, -0.25) is 0 Å². The van der Waals surface area contributed by atoms with Gasteiger partial charge >= 0.3 is 0 Å². The average Bonchev–Trinajstić information content (AvgIpc) is 2.24. The van der Waals surface area contributed by atoms with Gasteiger partial charge in [0, 0.05) is 17.4 Å². The van der Waals surface area contributed by atoms with Crippen molar-refractivity contribution < 1.29 is 8.78 Å². The normalized spacial score (nSPS) is 12.9. The first kappa shape index (κ1) is 12.5. The van der Waals surface area contributed by atoms with Crippen molar-refractivity contribution in [2.24, 2.45) is 0 Å². The molecular weight excluding hydrogens is 216 g/mol. The molecule has 1 N–H and O–H groups in total. The smallest absolute Gasteiger partial charge is 0.163 e. The van der Waals surface area contributed by atoms with E-state index in [4.69, 9.17) is 0 Å². The van der Waals surface area contributed by atoms with E-state index in [1.807, 2.05) is 6.26 Å². The maximum absolute atomic E-state index is 13.6. The molecule has 0 aromatic heterocycles. The summed E-state index contributed by atoms with van der Waals surface area (Å²) in [6.07, 6.45) is 1.94. The molecule has 1 unspecified atom stereocenters. The molecule has 0 aliphatic rings. The summed E-state index contributed by atoms with van der Waals surface area (Å²) in [4.78, 5) is 0. The lowest BCUT2D eigenvalue weighted by Crippen LogP contribution is -2.20. The molecule has 0 radical (unpaired) electrons. The number of aryl methyl sites for hydroxylation is 1. The maximum atomic E-state index is 13.6. The van der Waals surface area contributed by atoms with Gasteiger partial charge in [0.1, 0.15) is 0 Å². The van der Waals surface area contributed by atoms with Crippen LogP contribution in [0.1, 0.15) is 17.2 Å².